The third-order valence-corrected chi connectivity index (χ3v) is 6.40. The van der Waals surface area contributed by atoms with Crippen molar-refractivity contribution in [2.45, 2.75) is 38.3 Å². The van der Waals surface area contributed by atoms with Gasteiger partial charge >= 0.3 is 5.97 Å². The molecule has 0 radical (unpaired) electrons. The van der Waals surface area contributed by atoms with Crippen molar-refractivity contribution in [2.75, 3.05) is 7.05 Å². The summed E-state index contributed by atoms with van der Waals surface area (Å²) in [6.45, 7) is 0.671. The maximum Gasteiger partial charge on any atom is 0.307 e. The van der Waals surface area contributed by atoms with Crippen LogP contribution in [0.5, 0.6) is 0 Å². The second kappa shape index (κ2) is 7.58. The van der Waals surface area contributed by atoms with E-state index in [4.69, 9.17) is 0 Å². The van der Waals surface area contributed by atoms with Crippen LogP contribution in [0.2, 0.25) is 0 Å². The van der Waals surface area contributed by atoms with Gasteiger partial charge in [-0.1, -0.05) is 24.3 Å². The number of hydrogen-bond acceptors (Lipinski definition) is 3. The molecule has 5 rings (SSSR count). The number of hydrogen-bond donors (Lipinski definition) is 1. The van der Waals surface area contributed by atoms with E-state index in [0.717, 1.165) is 46.3 Å². The summed E-state index contributed by atoms with van der Waals surface area (Å²) in [7, 11) is 1.87. The number of aromatic nitrogens is 3. The fourth-order valence-corrected chi connectivity index (χ4v) is 4.79. The summed E-state index contributed by atoms with van der Waals surface area (Å²) >= 11 is 0. The number of fused-ring (bicyclic) bond motifs is 4. The minimum Gasteiger partial charge on any atom is -0.481 e. The number of imidazole rings is 1. The number of carbonyl (C=O) groups excluding carboxylic acids is 1. The van der Waals surface area contributed by atoms with Crippen LogP contribution >= 0.6 is 0 Å². The van der Waals surface area contributed by atoms with Crippen molar-refractivity contribution < 1.29 is 14.7 Å². The van der Waals surface area contributed by atoms with Gasteiger partial charge in [0.2, 0.25) is 5.91 Å². The maximum absolute atomic E-state index is 13.1. The van der Waals surface area contributed by atoms with Gasteiger partial charge in [0.25, 0.3) is 0 Å². The van der Waals surface area contributed by atoms with Crippen molar-refractivity contribution in [1.29, 1.82) is 0 Å². The first kappa shape index (κ1) is 19.4. The highest BCUT2D eigenvalue weighted by atomic mass is 16.4. The Labute approximate surface area is 179 Å². The van der Waals surface area contributed by atoms with Gasteiger partial charge in [0.1, 0.15) is 5.65 Å². The van der Waals surface area contributed by atoms with Gasteiger partial charge in [-0.15, -0.1) is 0 Å². The molecule has 0 bridgehead atoms. The van der Waals surface area contributed by atoms with E-state index >= 15 is 0 Å². The monoisotopic (exact) mass is 416 g/mol. The number of carboxylic acids is 1. The second-order valence-corrected chi connectivity index (χ2v) is 8.18. The van der Waals surface area contributed by atoms with E-state index in [0.29, 0.717) is 13.0 Å². The van der Waals surface area contributed by atoms with Crippen molar-refractivity contribution in [2.24, 2.45) is 0 Å². The van der Waals surface area contributed by atoms with Crippen LogP contribution in [0.1, 0.15) is 23.4 Å². The number of carboxylic acid groups (broad SMARTS) is 1. The maximum atomic E-state index is 13.1. The molecular weight excluding hydrogens is 392 g/mol. The molecule has 4 heterocycles. The minimum absolute atomic E-state index is 0.0244. The third-order valence-electron chi connectivity index (χ3n) is 6.40. The van der Waals surface area contributed by atoms with Crippen LogP contribution < -0.4 is 0 Å². The zero-order valence-corrected chi connectivity index (χ0v) is 17.4. The SMILES string of the molecule is CN(C(=O)Cc1cnc2ccccn12)C1CCc2c(CC(=O)O)c3ccccc3n2C1. The second-order valence-electron chi connectivity index (χ2n) is 8.18. The number of para-hydroxylation sites is 1. The summed E-state index contributed by atoms with van der Waals surface area (Å²) in [6, 6.07) is 13.8. The summed E-state index contributed by atoms with van der Waals surface area (Å²) in [5.41, 5.74) is 4.74. The Hall–Kier alpha value is -3.61. The third kappa shape index (κ3) is 3.36. The first-order valence-electron chi connectivity index (χ1n) is 10.5. The lowest BCUT2D eigenvalue weighted by molar-refractivity contribution is -0.136. The van der Waals surface area contributed by atoms with Gasteiger partial charge in [-0.05, 0) is 36.6 Å². The molecule has 0 aliphatic carbocycles. The molecule has 0 saturated carbocycles. The average Bonchev–Trinajstić information content (AvgIpc) is 3.32. The Balaban J connectivity index is 1.40. The highest BCUT2D eigenvalue weighted by molar-refractivity contribution is 5.89. The molecule has 7 nitrogen and oxygen atoms in total. The number of likely N-dealkylation sites (N-methyl/N-ethyl adjacent to an activating group) is 1. The van der Waals surface area contributed by atoms with Crippen LogP contribution in [0, 0.1) is 0 Å². The summed E-state index contributed by atoms with van der Waals surface area (Å²) in [5, 5.41) is 10.4. The van der Waals surface area contributed by atoms with E-state index in [1.165, 1.54) is 0 Å². The smallest absolute Gasteiger partial charge is 0.307 e. The molecule has 1 atom stereocenters. The number of aliphatic carboxylic acids is 1. The fraction of sp³-hybridized carbons (Fsp3) is 0.292. The van der Waals surface area contributed by atoms with E-state index in [-0.39, 0.29) is 18.4 Å². The van der Waals surface area contributed by atoms with Gasteiger partial charge in [-0.25, -0.2) is 4.98 Å². The van der Waals surface area contributed by atoms with Crippen molar-refractivity contribution >= 4 is 28.4 Å². The molecule has 1 aliphatic rings. The largest absolute Gasteiger partial charge is 0.481 e. The predicted octanol–water partition coefficient (Wildman–Crippen LogP) is 2.93. The van der Waals surface area contributed by atoms with Crippen LogP contribution in [0.4, 0.5) is 0 Å². The summed E-state index contributed by atoms with van der Waals surface area (Å²) in [6.07, 6.45) is 5.58. The normalized spacial score (nSPS) is 15.8. The van der Waals surface area contributed by atoms with E-state index in [1.807, 2.05) is 65.0 Å². The average molecular weight is 416 g/mol. The molecule has 0 fully saturated rings. The number of rotatable bonds is 5. The number of amides is 1. The Morgan fingerprint density at radius 2 is 1.97 bits per heavy atom. The highest BCUT2D eigenvalue weighted by Crippen LogP contribution is 2.32. The van der Waals surface area contributed by atoms with Gasteiger partial charge in [0, 0.05) is 48.6 Å². The molecule has 4 aromatic rings. The number of pyridine rings is 1. The molecule has 1 amide bonds. The van der Waals surface area contributed by atoms with Crippen molar-refractivity contribution in [3.8, 4) is 0 Å². The lowest BCUT2D eigenvalue weighted by Crippen LogP contribution is -2.43. The van der Waals surface area contributed by atoms with Crippen LogP contribution in [0.15, 0.2) is 54.9 Å². The standard InChI is InChI=1S/C24H24N4O3/c1-26(23(29)12-17-14-25-22-8-4-5-11-27(17)22)16-9-10-21-19(13-24(30)31)18-6-2-3-7-20(18)28(21)15-16/h2-8,11,14,16H,9-10,12-13,15H2,1H3,(H,30,31). The summed E-state index contributed by atoms with van der Waals surface area (Å²) in [5.74, 6) is -0.761. The molecular formula is C24H24N4O3. The lowest BCUT2D eigenvalue weighted by Gasteiger charge is -2.33. The number of nitrogens with zero attached hydrogens (tertiary/aromatic N) is 4. The zero-order chi connectivity index (χ0) is 21.5. The molecule has 158 valence electrons. The quantitative estimate of drug-likeness (QED) is 0.543. The number of benzene rings is 1. The molecule has 1 aromatic carbocycles. The van der Waals surface area contributed by atoms with Crippen molar-refractivity contribution in [1.82, 2.24) is 18.9 Å². The Kier molecular flexibility index (Phi) is 4.73. The Bertz CT molecular complexity index is 1300. The number of carbonyl (C=O) groups is 2. The van der Waals surface area contributed by atoms with E-state index in [2.05, 4.69) is 9.55 Å². The molecule has 7 heteroatoms. The Morgan fingerprint density at radius 3 is 2.81 bits per heavy atom. The molecule has 1 unspecified atom stereocenters. The molecule has 0 spiro atoms. The minimum atomic E-state index is -0.818. The van der Waals surface area contributed by atoms with Gasteiger partial charge in [-0.2, -0.15) is 0 Å². The van der Waals surface area contributed by atoms with Crippen LogP contribution in [-0.2, 0) is 35.4 Å². The molecule has 31 heavy (non-hydrogen) atoms. The van der Waals surface area contributed by atoms with Crippen molar-refractivity contribution in [3.05, 3.63) is 71.8 Å². The van der Waals surface area contributed by atoms with Gasteiger partial charge in [-0.3, -0.25) is 9.59 Å². The van der Waals surface area contributed by atoms with Gasteiger partial charge in [0.15, 0.2) is 0 Å². The van der Waals surface area contributed by atoms with Crippen LogP contribution in [-0.4, -0.2) is 48.9 Å². The lowest BCUT2D eigenvalue weighted by atomic mass is 9.99. The Morgan fingerprint density at radius 1 is 1.16 bits per heavy atom. The highest BCUT2D eigenvalue weighted by Gasteiger charge is 2.29. The van der Waals surface area contributed by atoms with E-state index < -0.39 is 5.97 Å². The van der Waals surface area contributed by atoms with Crippen LogP contribution in [0.3, 0.4) is 0 Å². The first-order valence-corrected chi connectivity index (χ1v) is 10.5. The van der Waals surface area contributed by atoms with Gasteiger partial charge in [0.05, 0.1) is 18.5 Å². The topological polar surface area (TPSA) is 79.8 Å². The molecule has 3 aromatic heterocycles. The predicted molar refractivity (Wildman–Crippen MR) is 117 cm³/mol. The summed E-state index contributed by atoms with van der Waals surface area (Å²) in [4.78, 5) is 30.7. The molecule has 1 aliphatic heterocycles. The summed E-state index contributed by atoms with van der Waals surface area (Å²) < 4.78 is 4.15. The first-order chi connectivity index (χ1) is 15.0. The zero-order valence-electron chi connectivity index (χ0n) is 17.4. The fourth-order valence-electron chi connectivity index (χ4n) is 4.79. The van der Waals surface area contributed by atoms with Crippen LogP contribution in [0.25, 0.3) is 16.6 Å². The molecule has 1 N–H and O–H groups in total. The molecule has 0 saturated heterocycles. The van der Waals surface area contributed by atoms with Gasteiger partial charge < -0.3 is 19.0 Å². The van der Waals surface area contributed by atoms with E-state index in [9.17, 15) is 14.7 Å². The van der Waals surface area contributed by atoms with E-state index in [1.54, 1.807) is 6.20 Å². The van der Waals surface area contributed by atoms with Crippen molar-refractivity contribution in [3.63, 3.8) is 0 Å².